The quantitative estimate of drug-likeness (QED) is 0.523. The normalized spacial score (nSPS) is 12.3. The zero-order valence-electron chi connectivity index (χ0n) is 11.4. The average molecular weight is 258 g/mol. The van der Waals surface area contributed by atoms with E-state index in [0.29, 0.717) is 6.42 Å². The van der Waals surface area contributed by atoms with Gasteiger partial charge in [-0.15, -0.1) is 0 Å². The Bertz CT molecular complexity index is 238. The predicted molar refractivity (Wildman–Crippen MR) is 70.6 cm³/mol. The van der Waals surface area contributed by atoms with Gasteiger partial charge in [0.15, 0.2) is 0 Å². The Kier molecular flexibility index (Phi) is 10.4. The van der Waals surface area contributed by atoms with E-state index in [1.165, 1.54) is 32.1 Å². The fourth-order valence-corrected chi connectivity index (χ4v) is 2.05. The molecule has 0 amide bonds. The minimum atomic E-state index is -1.03. The van der Waals surface area contributed by atoms with Gasteiger partial charge in [-0.25, -0.2) is 0 Å². The molecule has 4 nitrogen and oxygen atoms in total. The molecule has 18 heavy (non-hydrogen) atoms. The molecule has 0 unspecified atom stereocenters. The van der Waals surface area contributed by atoms with Crippen LogP contribution < -0.4 is 0 Å². The van der Waals surface area contributed by atoms with Crippen LogP contribution in [0.5, 0.6) is 0 Å². The van der Waals surface area contributed by atoms with Gasteiger partial charge in [-0.05, 0) is 6.42 Å². The first-order valence-corrected chi connectivity index (χ1v) is 7.02. The fourth-order valence-electron chi connectivity index (χ4n) is 2.05. The summed E-state index contributed by atoms with van der Waals surface area (Å²) in [6.45, 7) is 2.19. The smallest absolute Gasteiger partial charge is 0.307 e. The van der Waals surface area contributed by atoms with E-state index < -0.39 is 17.9 Å². The van der Waals surface area contributed by atoms with Crippen LogP contribution in [-0.2, 0) is 9.59 Å². The van der Waals surface area contributed by atoms with Crippen LogP contribution in [0.2, 0.25) is 0 Å². The maximum absolute atomic E-state index is 10.8. The molecule has 0 aromatic carbocycles. The molecular formula is C14H26O4. The molecule has 0 saturated heterocycles. The number of hydrogen-bond acceptors (Lipinski definition) is 2. The number of rotatable bonds is 12. The number of carboxylic acid groups (broad SMARTS) is 2. The van der Waals surface area contributed by atoms with E-state index in [1.807, 2.05) is 0 Å². The van der Waals surface area contributed by atoms with Crippen molar-refractivity contribution in [1.29, 1.82) is 0 Å². The summed E-state index contributed by atoms with van der Waals surface area (Å²) in [4.78, 5) is 21.3. The van der Waals surface area contributed by atoms with Crippen molar-refractivity contribution in [3.05, 3.63) is 0 Å². The zero-order chi connectivity index (χ0) is 13.8. The molecule has 0 rings (SSSR count). The molecule has 0 fully saturated rings. The summed E-state index contributed by atoms with van der Waals surface area (Å²) < 4.78 is 0. The van der Waals surface area contributed by atoms with Gasteiger partial charge >= 0.3 is 11.9 Å². The molecule has 0 aliphatic rings. The number of aliphatic carboxylic acids is 2. The molecule has 0 aliphatic carbocycles. The van der Waals surface area contributed by atoms with Crippen molar-refractivity contribution < 1.29 is 19.8 Å². The van der Waals surface area contributed by atoms with Crippen molar-refractivity contribution >= 4 is 11.9 Å². The molecule has 1 atom stereocenters. The summed E-state index contributed by atoms with van der Waals surface area (Å²) >= 11 is 0. The van der Waals surface area contributed by atoms with E-state index >= 15 is 0 Å². The van der Waals surface area contributed by atoms with Crippen LogP contribution in [0, 0.1) is 5.92 Å². The molecule has 2 N–H and O–H groups in total. The second kappa shape index (κ2) is 11.1. The van der Waals surface area contributed by atoms with Gasteiger partial charge in [-0.3, -0.25) is 9.59 Å². The first-order chi connectivity index (χ1) is 8.57. The SMILES string of the molecule is CCCCCCCCCC[C@@H](CC(=O)O)C(=O)O. The lowest BCUT2D eigenvalue weighted by atomic mass is 9.97. The molecule has 0 radical (unpaired) electrons. The van der Waals surface area contributed by atoms with E-state index in [-0.39, 0.29) is 6.42 Å². The van der Waals surface area contributed by atoms with E-state index in [1.54, 1.807) is 0 Å². The summed E-state index contributed by atoms with van der Waals surface area (Å²) in [5.41, 5.74) is 0. The molecule has 0 saturated carbocycles. The second-order valence-corrected chi connectivity index (χ2v) is 4.90. The van der Waals surface area contributed by atoms with E-state index in [9.17, 15) is 9.59 Å². The second-order valence-electron chi connectivity index (χ2n) is 4.90. The van der Waals surface area contributed by atoms with Crippen LogP contribution >= 0.6 is 0 Å². The molecule has 106 valence electrons. The highest BCUT2D eigenvalue weighted by atomic mass is 16.4. The Morgan fingerprint density at radius 2 is 1.39 bits per heavy atom. The highest BCUT2D eigenvalue weighted by Crippen LogP contribution is 2.16. The van der Waals surface area contributed by atoms with Crippen LogP contribution in [0.25, 0.3) is 0 Å². The standard InChI is InChI=1S/C14H26O4/c1-2-3-4-5-6-7-8-9-10-12(14(17)18)11-13(15)16/h12H,2-11H2,1H3,(H,15,16)(H,17,18)/t12-/m0/s1. The largest absolute Gasteiger partial charge is 0.481 e. The third-order valence-electron chi connectivity index (χ3n) is 3.18. The van der Waals surface area contributed by atoms with Crippen LogP contribution in [0.1, 0.15) is 71.1 Å². The Balaban J connectivity index is 3.49. The third kappa shape index (κ3) is 10.1. The number of unbranched alkanes of at least 4 members (excludes halogenated alkanes) is 7. The van der Waals surface area contributed by atoms with Gasteiger partial charge in [-0.2, -0.15) is 0 Å². The van der Waals surface area contributed by atoms with Gasteiger partial charge in [0, 0.05) is 0 Å². The minimum Gasteiger partial charge on any atom is -0.481 e. The maximum atomic E-state index is 10.8. The zero-order valence-corrected chi connectivity index (χ0v) is 11.4. The molecule has 0 aliphatic heterocycles. The summed E-state index contributed by atoms with van der Waals surface area (Å²) in [5, 5.41) is 17.5. The molecule has 4 heteroatoms. The number of carbonyl (C=O) groups is 2. The Labute approximate surface area is 109 Å². The maximum Gasteiger partial charge on any atom is 0.307 e. The highest BCUT2D eigenvalue weighted by molar-refractivity contribution is 5.77. The number of hydrogen-bond donors (Lipinski definition) is 2. The first kappa shape index (κ1) is 16.9. The van der Waals surface area contributed by atoms with Gasteiger partial charge in [0.25, 0.3) is 0 Å². The summed E-state index contributed by atoms with van der Waals surface area (Å²) in [5.74, 6) is -2.73. The third-order valence-corrected chi connectivity index (χ3v) is 3.18. The topological polar surface area (TPSA) is 74.6 Å². The van der Waals surface area contributed by atoms with Crippen molar-refractivity contribution in [3.63, 3.8) is 0 Å². The lowest BCUT2D eigenvalue weighted by Crippen LogP contribution is -2.17. The fraction of sp³-hybridized carbons (Fsp3) is 0.857. The molecule has 0 bridgehead atoms. The Hall–Kier alpha value is -1.06. The molecular weight excluding hydrogens is 232 g/mol. The van der Waals surface area contributed by atoms with Crippen molar-refractivity contribution in [2.24, 2.45) is 5.92 Å². The molecule has 0 spiro atoms. The molecule has 0 aromatic heterocycles. The van der Waals surface area contributed by atoms with Gasteiger partial charge < -0.3 is 10.2 Å². The summed E-state index contributed by atoms with van der Waals surface area (Å²) in [6, 6.07) is 0. The highest BCUT2D eigenvalue weighted by Gasteiger charge is 2.19. The lowest BCUT2D eigenvalue weighted by Gasteiger charge is -2.09. The van der Waals surface area contributed by atoms with Gasteiger partial charge in [0.1, 0.15) is 0 Å². The Morgan fingerprint density at radius 1 is 0.889 bits per heavy atom. The predicted octanol–water partition coefficient (Wildman–Crippen LogP) is 3.69. The van der Waals surface area contributed by atoms with Gasteiger partial charge in [0.05, 0.1) is 12.3 Å². The van der Waals surface area contributed by atoms with Crippen molar-refractivity contribution in [3.8, 4) is 0 Å². The van der Waals surface area contributed by atoms with Crippen molar-refractivity contribution in [2.75, 3.05) is 0 Å². The van der Waals surface area contributed by atoms with Gasteiger partial charge in [-0.1, -0.05) is 58.3 Å². The van der Waals surface area contributed by atoms with E-state index in [2.05, 4.69) is 6.92 Å². The van der Waals surface area contributed by atoms with Crippen LogP contribution in [0.3, 0.4) is 0 Å². The van der Waals surface area contributed by atoms with Crippen molar-refractivity contribution in [2.45, 2.75) is 71.1 Å². The monoisotopic (exact) mass is 258 g/mol. The van der Waals surface area contributed by atoms with E-state index in [0.717, 1.165) is 19.3 Å². The minimum absolute atomic E-state index is 0.258. The van der Waals surface area contributed by atoms with Crippen LogP contribution in [-0.4, -0.2) is 22.2 Å². The van der Waals surface area contributed by atoms with E-state index in [4.69, 9.17) is 10.2 Å². The van der Waals surface area contributed by atoms with Crippen LogP contribution in [0.15, 0.2) is 0 Å². The number of carboxylic acids is 2. The lowest BCUT2D eigenvalue weighted by molar-refractivity contribution is -0.148. The van der Waals surface area contributed by atoms with Crippen LogP contribution in [0.4, 0.5) is 0 Å². The van der Waals surface area contributed by atoms with Gasteiger partial charge in [0.2, 0.25) is 0 Å². The molecule has 0 aromatic rings. The summed E-state index contributed by atoms with van der Waals surface area (Å²) in [7, 11) is 0. The Morgan fingerprint density at radius 3 is 1.83 bits per heavy atom. The average Bonchev–Trinajstić information content (AvgIpc) is 2.30. The van der Waals surface area contributed by atoms with Crippen molar-refractivity contribution in [1.82, 2.24) is 0 Å². The molecule has 0 heterocycles. The first-order valence-electron chi connectivity index (χ1n) is 7.02. The summed E-state index contributed by atoms with van der Waals surface area (Å²) in [6.07, 6.45) is 9.46.